The molecule has 8 heteroatoms. The molecule has 1 aliphatic rings. The molecule has 1 saturated heterocycles. The maximum absolute atomic E-state index is 14.0. The molecule has 1 amide bonds. The summed E-state index contributed by atoms with van der Waals surface area (Å²) in [5, 5.41) is 3.20. The van der Waals surface area contributed by atoms with E-state index in [1.165, 1.54) is 43.5 Å². The van der Waals surface area contributed by atoms with Crippen LogP contribution in [0.15, 0.2) is 52.1 Å². The van der Waals surface area contributed by atoms with E-state index in [-0.39, 0.29) is 28.9 Å². The number of rotatable bonds is 7. The van der Waals surface area contributed by atoms with Gasteiger partial charge in [-0.2, -0.15) is 0 Å². The Morgan fingerprint density at radius 2 is 2.00 bits per heavy atom. The standard InChI is InChI=1S/C25H29FN4O3/c1-2-19-8-5-6-13-29(19)14-12-27-23(31)17-10-11-20-22(15-17)28-25(33)30(24(20)32)16-18-7-3-4-9-21(18)26/h3-4,7,9-11,15,19H,2,5-6,8,12-14,16H2,1H3,(H,27,31)(H,28,33). The summed E-state index contributed by atoms with van der Waals surface area (Å²) in [6.45, 7) is 4.42. The van der Waals surface area contributed by atoms with E-state index in [9.17, 15) is 18.8 Å². The molecule has 0 saturated carbocycles. The lowest BCUT2D eigenvalue weighted by Crippen LogP contribution is -2.43. The van der Waals surface area contributed by atoms with Gasteiger partial charge in [0.1, 0.15) is 5.82 Å². The number of nitrogens with zero attached hydrogens (tertiary/aromatic N) is 2. The Hall–Kier alpha value is -3.26. The normalized spacial score (nSPS) is 16.7. The van der Waals surface area contributed by atoms with Crippen molar-refractivity contribution in [1.82, 2.24) is 19.8 Å². The van der Waals surface area contributed by atoms with Crippen LogP contribution in [0.2, 0.25) is 0 Å². The molecular weight excluding hydrogens is 423 g/mol. The van der Waals surface area contributed by atoms with E-state index in [2.05, 4.69) is 22.1 Å². The molecule has 2 N–H and O–H groups in total. The molecule has 174 valence electrons. The van der Waals surface area contributed by atoms with Crippen molar-refractivity contribution in [3.8, 4) is 0 Å². The molecule has 0 aliphatic carbocycles. The second-order valence-electron chi connectivity index (χ2n) is 8.52. The largest absolute Gasteiger partial charge is 0.351 e. The predicted molar refractivity (Wildman–Crippen MR) is 126 cm³/mol. The number of H-pyrrole nitrogens is 1. The summed E-state index contributed by atoms with van der Waals surface area (Å²) in [6.07, 6.45) is 4.77. The topological polar surface area (TPSA) is 87.2 Å². The Kier molecular flexibility index (Phi) is 7.03. The molecule has 3 aromatic rings. The van der Waals surface area contributed by atoms with Crippen LogP contribution in [-0.4, -0.2) is 46.0 Å². The van der Waals surface area contributed by atoms with Crippen molar-refractivity contribution < 1.29 is 9.18 Å². The van der Waals surface area contributed by atoms with Gasteiger partial charge in [-0.05, 0) is 50.1 Å². The van der Waals surface area contributed by atoms with E-state index in [0.29, 0.717) is 18.2 Å². The highest BCUT2D eigenvalue weighted by Gasteiger charge is 2.20. The van der Waals surface area contributed by atoms with Crippen LogP contribution in [0, 0.1) is 5.82 Å². The van der Waals surface area contributed by atoms with Gasteiger partial charge < -0.3 is 10.3 Å². The van der Waals surface area contributed by atoms with E-state index in [1.807, 2.05) is 0 Å². The molecule has 1 aliphatic heterocycles. The van der Waals surface area contributed by atoms with Crippen molar-refractivity contribution in [2.24, 2.45) is 0 Å². The van der Waals surface area contributed by atoms with Crippen molar-refractivity contribution in [2.45, 2.75) is 45.2 Å². The van der Waals surface area contributed by atoms with E-state index in [0.717, 1.165) is 24.1 Å². The van der Waals surface area contributed by atoms with Crippen LogP contribution in [-0.2, 0) is 6.54 Å². The number of aromatic nitrogens is 2. The fraction of sp³-hybridized carbons (Fsp3) is 0.400. The van der Waals surface area contributed by atoms with Crippen LogP contribution in [0.4, 0.5) is 4.39 Å². The van der Waals surface area contributed by atoms with E-state index in [4.69, 9.17) is 0 Å². The van der Waals surface area contributed by atoms with Crippen molar-refractivity contribution in [2.75, 3.05) is 19.6 Å². The van der Waals surface area contributed by atoms with E-state index in [1.54, 1.807) is 18.2 Å². The van der Waals surface area contributed by atoms with Gasteiger partial charge in [-0.3, -0.25) is 19.1 Å². The second kappa shape index (κ2) is 10.1. The molecule has 1 atom stereocenters. The van der Waals surface area contributed by atoms with Crippen molar-refractivity contribution >= 4 is 16.8 Å². The molecule has 7 nitrogen and oxygen atoms in total. The summed E-state index contributed by atoms with van der Waals surface area (Å²) in [7, 11) is 0. The zero-order valence-corrected chi connectivity index (χ0v) is 18.8. The number of carbonyl (C=O) groups excluding carboxylic acids is 1. The predicted octanol–water partition coefficient (Wildman–Crippen LogP) is 2.87. The number of nitrogens with one attached hydrogen (secondary N) is 2. The molecule has 33 heavy (non-hydrogen) atoms. The lowest BCUT2D eigenvalue weighted by Gasteiger charge is -2.35. The molecular formula is C25H29FN4O3. The number of hydrogen-bond acceptors (Lipinski definition) is 4. The van der Waals surface area contributed by atoms with Gasteiger partial charge in [0.25, 0.3) is 11.5 Å². The number of hydrogen-bond donors (Lipinski definition) is 2. The van der Waals surface area contributed by atoms with Gasteiger partial charge in [0.05, 0.1) is 17.4 Å². The van der Waals surface area contributed by atoms with Gasteiger partial charge in [-0.25, -0.2) is 9.18 Å². The Balaban J connectivity index is 1.49. The first-order chi connectivity index (χ1) is 16.0. The summed E-state index contributed by atoms with van der Waals surface area (Å²) in [4.78, 5) is 43.1. The highest BCUT2D eigenvalue weighted by atomic mass is 19.1. The Morgan fingerprint density at radius 1 is 1.18 bits per heavy atom. The smallest absolute Gasteiger partial charge is 0.329 e. The first kappa shape index (κ1) is 22.9. The van der Waals surface area contributed by atoms with Crippen molar-refractivity contribution in [3.63, 3.8) is 0 Å². The van der Waals surface area contributed by atoms with E-state index < -0.39 is 17.1 Å². The third-order valence-electron chi connectivity index (χ3n) is 6.44. The summed E-state index contributed by atoms with van der Waals surface area (Å²) in [6, 6.07) is 11.2. The first-order valence-corrected chi connectivity index (χ1v) is 11.5. The van der Waals surface area contributed by atoms with Gasteiger partial charge in [0.2, 0.25) is 0 Å². The number of piperidine rings is 1. The van der Waals surface area contributed by atoms with Crippen molar-refractivity contribution in [3.05, 3.63) is 80.2 Å². The Morgan fingerprint density at radius 3 is 2.79 bits per heavy atom. The Bertz CT molecular complexity index is 1270. The van der Waals surface area contributed by atoms with Gasteiger partial charge in [0, 0.05) is 30.3 Å². The zero-order valence-electron chi connectivity index (χ0n) is 18.8. The molecule has 0 radical (unpaired) electrons. The molecule has 1 fully saturated rings. The SMILES string of the molecule is CCC1CCCCN1CCNC(=O)c1ccc2c(=O)n(Cc3ccccc3F)c(=O)[nH]c2c1. The molecule has 0 spiro atoms. The molecule has 2 aromatic carbocycles. The average molecular weight is 453 g/mol. The van der Waals surface area contributed by atoms with E-state index >= 15 is 0 Å². The second-order valence-corrected chi connectivity index (χ2v) is 8.52. The fourth-order valence-corrected chi connectivity index (χ4v) is 4.57. The van der Waals surface area contributed by atoms with Gasteiger partial charge >= 0.3 is 5.69 Å². The monoisotopic (exact) mass is 452 g/mol. The number of benzene rings is 2. The van der Waals surface area contributed by atoms with Crippen LogP contribution in [0.1, 0.15) is 48.5 Å². The lowest BCUT2D eigenvalue weighted by molar-refractivity contribution is 0.0934. The minimum Gasteiger partial charge on any atom is -0.351 e. The number of likely N-dealkylation sites (tertiary alicyclic amines) is 1. The van der Waals surface area contributed by atoms with Crippen LogP contribution >= 0.6 is 0 Å². The first-order valence-electron chi connectivity index (χ1n) is 11.5. The number of fused-ring (bicyclic) bond motifs is 1. The fourth-order valence-electron chi connectivity index (χ4n) is 4.57. The third kappa shape index (κ3) is 5.06. The highest BCUT2D eigenvalue weighted by molar-refractivity contribution is 5.97. The summed E-state index contributed by atoms with van der Waals surface area (Å²) >= 11 is 0. The molecule has 2 heterocycles. The molecule has 1 unspecified atom stereocenters. The summed E-state index contributed by atoms with van der Waals surface area (Å²) in [5.41, 5.74) is -0.275. The summed E-state index contributed by atoms with van der Waals surface area (Å²) < 4.78 is 14.9. The zero-order chi connectivity index (χ0) is 23.4. The van der Waals surface area contributed by atoms with Crippen LogP contribution in [0.3, 0.4) is 0 Å². The number of carbonyl (C=O) groups is 1. The quantitative estimate of drug-likeness (QED) is 0.577. The summed E-state index contributed by atoms with van der Waals surface area (Å²) in [5.74, 6) is -0.732. The molecule has 4 rings (SSSR count). The van der Waals surface area contributed by atoms with Crippen LogP contribution in [0.25, 0.3) is 10.9 Å². The van der Waals surface area contributed by atoms with Crippen LogP contribution in [0.5, 0.6) is 0 Å². The van der Waals surface area contributed by atoms with Gasteiger partial charge in [-0.1, -0.05) is 31.5 Å². The number of amides is 1. The highest BCUT2D eigenvalue weighted by Crippen LogP contribution is 2.18. The van der Waals surface area contributed by atoms with Crippen molar-refractivity contribution in [1.29, 1.82) is 0 Å². The lowest BCUT2D eigenvalue weighted by atomic mass is 10.0. The average Bonchev–Trinajstić information content (AvgIpc) is 2.82. The minimum absolute atomic E-state index is 0.172. The number of halogens is 1. The maximum Gasteiger partial charge on any atom is 0.329 e. The Labute approximate surface area is 191 Å². The van der Waals surface area contributed by atoms with Gasteiger partial charge in [0.15, 0.2) is 0 Å². The van der Waals surface area contributed by atoms with Gasteiger partial charge in [-0.15, -0.1) is 0 Å². The maximum atomic E-state index is 14.0. The third-order valence-corrected chi connectivity index (χ3v) is 6.44. The number of aromatic amines is 1. The molecule has 1 aromatic heterocycles. The molecule has 0 bridgehead atoms. The van der Waals surface area contributed by atoms with Crippen LogP contribution < -0.4 is 16.6 Å². The minimum atomic E-state index is -0.649.